The minimum absolute atomic E-state index is 0.0319. The number of fused-ring (bicyclic) bond motifs is 7. The second-order valence-corrected chi connectivity index (χ2v) is 25.7. The molecule has 4 heterocycles. The van der Waals surface area contributed by atoms with Gasteiger partial charge < -0.3 is 104 Å². The number of allylic oxidation sites excluding steroid dienone is 2. The van der Waals surface area contributed by atoms with Crippen LogP contribution in [0.5, 0.6) is 0 Å². The van der Waals surface area contributed by atoms with Crippen molar-refractivity contribution in [2.24, 2.45) is 50.2 Å². The number of hydrogen-bond donors (Lipinski definition) is 13. The molecule has 4 saturated carbocycles. The Morgan fingerprint density at radius 1 is 0.640 bits per heavy atom. The third-order valence-corrected chi connectivity index (χ3v) is 21.1. The van der Waals surface area contributed by atoms with E-state index >= 15 is 4.79 Å². The number of rotatable bonds is 11. The summed E-state index contributed by atoms with van der Waals surface area (Å²) < 4.78 is 47.0. The number of ether oxygens (including phenoxy) is 8. The minimum Gasteiger partial charge on any atom is -0.432 e. The molecule has 430 valence electrons. The van der Waals surface area contributed by atoms with Crippen LogP contribution in [-0.2, 0) is 42.7 Å². The maximum Gasteiger partial charge on any atom is 0.315 e. The van der Waals surface area contributed by atoms with Gasteiger partial charge in [0.25, 0.3) is 0 Å². The summed E-state index contributed by atoms with van der Waals surface area (Å²) in [6.45, 7) is 13.2. The lowest BCUT2D eigenvalue weighted by atomic mass is 9.33. The summed E-state index contributed by atoms with van der Waals surface area (Å²) in [6.07, 6.45) is -21.1. The first kappa shape index (κ1) is 58.1. The molecule has 9 aliphatic rings. The molecule has 0 aromatic rings. The standard InChI is InChI=1S/C53H86O22/c1-23-32(57)35(60)39(64)45(70-23)74-42-27(19-54)71-43(41(66)37(42)62)69-21-28-34(59)36(61)40(65)46(72-28)75-47(67)53-16-14-48(2,3)18-25(53)24-8-9-30-49(4)12-11-31(73-44-38(63)33(58)26(56)20-68-44)50(5,22-55)29(49)10-13-52(30,7)51(24,6)15-17-53/h8,23,25-46,54-66H,9-22H2,1-7H3/t23-,25+,26-,27+,28+,29+,30+,31-,32-,33-,34+,35+,36-,37+,38+,39+,40+,41+,42+,43+,44-,45-,46-,49-,50-,51+,52+,53-/m0/s1. The van der Waals surface area contributed by atoms with Gasteiger partial charge >= 0.3 is 5.97 Å². The summed E-state index contributed by atoms with van der Waals surface area (Å²) in [7, 11) is 0. The van der Waals surface area contributed by atoms with E-state index in [9.17, 15) is 66.4 Å². The van der Waals surface area contributed by atoms with Crippen LogP contribution in [-0.4, -0.2) is 222 Å². The fourth-order valence-corrected chi connectivity index (χ4v) is 16.1. The Bertz CT molecular complexity index is 2060. The molecule has 28 atom stereocenters. The van der Waals surface area contributed by atoms with Gasteiger partial charge in [0.05, 0.1) is 44.1 Å². The molecule has 22 heteroatoms. The molecule has 75 heavy (non-hydrogen) atoms. The minimum atomic E-state index is -1.87. The molecule has 0 unspecified atom stereocenters. The van der Waals surface area contributed by atoms with Gasteiger partial charge in [0, 0.05) is 5.41 Å². The first-order chi connectivity index (χ1) is 35.1. The third kappa shape index (κ3) is 9.50. The van der Waals surface area contributed by atoms with Crippen LogP contribution in [0.2, 0.25) is 0 Å². The topological polar surface area (TPSA) is 354 Å². The molecule has 5 aliphatic carbocycles. The first-order valence-electron chi connectivity index (χ1n) is 27.3. The number of aliphatic hydroxyl groups is 13. The van der Waals surface area contributed by atoms with Crippen molar-refractivity contribution in [1.29, 1.82) is 0 Å². The molecule has 0 radical (unpaired) electrons. The Kier molecular flexibility index (Phi) is 16.3. The number of hydrogen-bond acceptors (Lipinski definition) is 22. The Morgan fingerprint density at radius 3 is 1.97 bits per heavy atom. The smallest absolute Gasteiger partial charge is 0.315 e. The third-order valence-electron chi connectivity index (χ3n) is 21.1. The van der Waals surface area contributed by atoms with Gasteiger partial charge in [-0.3, -0.25) is 4.79 Å². The van der Waals surface area contributed by atoms with E-state index in [0.717, 1.165) is 25.7 Å². The van der Waals surface area contributed by atoms with Crippen LogP contribution in [0, 0.1) is 50.2 Å². The van der Waals surface area contributed by atoms with Gasteiger partial charge in [-0.1, -0.05) is 53.2 Å². The van der Waals surface area contributed by atoms with Gasteiger partial charge in [-0.25, -0.2) is 0 Å². The number of carbonyl (C=O) groups is 1. The molecular weight excluding hydrogens is 989 g/mol. The van der Waals surface area contributed by atoms with E-state index in [-0.39, 0.29) is 52.6 Å². The van der Waals surface area contributed by atoms with E-state index in [0.29, 0.717) is 38.5 Å². The summed E-state index contributed by atoms with van der Waals surface area (Å²) in [5.41, 5.74) is -1.46. The average molecular weight is 1080 g/mol. The van der Waals surface area contributed by atoms with Gasteiger partial charge in [-0.05, 0) is 111 Å². The van der Waals surface area contributed by atoms with E-state index in [4.69, 9.17) is 37.9 Å². The molecule has 4 saturated heterocycles. The monoisotopic (exact) mass is 1070 g/mol. The van der Waals surface area contributed by atoms with Crippen molar-refractivity contribution in [3.63, 3.8) is 0 Å². The highest BCUT2D eigenvalue weighted by atomic mass is 16.8. The van der Waals surface area contributed by atoms with Gasteiger partial charge in [0.2, 0.25) is 6.29 Å². The van der Waals surface area contributed by atoms with E-state index in [1.54, 1.807) is 0 Å². The molecular formula is C53H86O22. The van der Waals surface area contributed by atoms with Crippen LogP contribution in [0.25, 0.3) is 0 Å². The van der Waals surface area contributed by atoms with E-state index in [1.165, 1.54) is 12.5 Å². The lowest BCUT2D eigenvalue weighted by Crippen LogP contribution is -2.67. The molecule has 13 N–H and O–H groups in total. The predicted molar refractivity (Wildman–Crippen MR) is 257 cm³/mol. The van der Waals surface area contributed by atoms with Crippen LogP contribution in [0.15, 0.2) is 11.6 Å². The van der Waals surface area contributed by atoms with Crippen molar-refractivity contribution < 1.29 is 109 Å². The first-order valence-corrected chi connectivity index (χ1v) is 27.3. The van der Waals surface area contributed by atoms with Crippen LogP contribution in [0.3, 0.4) is 0 Å². The van der Waals surface area contributed by atoms with Crippen LogP contribution < -0.4 is 0 Å². The SMILES string of the molecule is C[C@@H]1O[C@@H](O[C@H]2[C@H](O)[C@@H](O)[C@H](OC[C@H]3O[C@@H](OC(=O)[C@]45CCC(C)(C)C[C@@H]4C4=CC[C@@H]6[C@@]7(C)CC[C@H](O[C@@H]8OC[C@H](O)[C@H](O)[C@H]8O)[C@@](C)(CO)[C@@H]7CC[C@@]6(C)[C@]4(C)CC5)[C@H](O)[C@@H](O)[C@@H]3O)O[C@@H]2CO)[C@H](O)[C@H](O)[C@H]1O. The number of aliphatic hydroxyl groups excluding tert-OH is 13. The fourth-order valence-electron chi connectivity index (χ4n) is 16.1. The molecule has 4 aliphatic heterocycles. The average Bonchev–Trinajstić information content (AvgIpc) is 3.37. The van der Waals surface area contributed by atoms with Crippen molar-refractivity contribution in [3.8, 4) is 0 Å². The molecule has 0 aromatic carbocycles. The molecule has 0 aromatic heterocycles. The van der Waals surface area contributed by atoms with Crippen molar-refractivity contribution >= 4 is 5.97 Å². The maximum absolute atomic E-state index is 15.1. The summed E-state index contributed by atoms with van der Waals surface area (Å²) in [5, 5.41) is 139. The number of esters is 1. The fraction of sp³-hybridized carbons (Fsp3) is 0.943. The Morgan fingerprint density at radius 2 is 1.28 bits per heavy atom. The van der Waals surface area contributed by atoms with E-state index in [1.807, 2.05) is 6.92 Å². The predicted octanol–water partition coefficient (Wildman–Crippen LogP) is -1.40. The zero-order valence-electron chi connectivity index (χ0n) is 44.2. The highest BCUT2D eigenvalue weighted by Crippen LogP contribution is 2.76. The zero-order chi connectivity index (χ0) is 54.7. The van der Waals surface area contributed by atoms with Crippen molar-refractivity contribution in [1.82, 2.24) is 0 Å². The van der Waals surface area contributed by atoms with Gasteiger partial charge in [-0.2, -0.15) is 0 Å². The van der Waals surface area contributed by atoms with Gasteiger partial charge in [0.15, 0.2) is 18.9 Å². The van der Waals surface area contributed by atoms with Crippen LogP contribution >= 0.6 is 0 Å². The highest BCUT2D eigenvalue weighted by Gasteiger charge is 2.70. The Hall–Kier alpha value is -1.59. The van der Waals surface area contributed by atoms with Crippen molar-refractivity contribution in [3.05, 3.63) is 11.6 Å². The van der Waals surface area contributed by atoms with Gasteiger partial charge in [0.1, 0.15) is 85.5 Å². The summed E-state index contributed by atoms with van der Waals surface area (Å²) in [5.74, 6) is -0.615. The molecule has 0 bridgehead atoms. The van der Waals surface area contributed by atoms with Crippen LogP contribution in [0.4, 0.5) is 0 Å². The van der Waals surface area contributed by atoms with E-state index in [2.05, 4.69) is 40.7 Å². The second-order valence-electron chi connectivity index (χ2n) is 25.7. The maximum atomic E-state index is 15.1. The summed E-state index contributed by atoms with van der Waals surface area (Å²) >= 11 is 0. The lowest BCUT2D eigenvalue weighted by molar-refractivity contribution is -0.361. The van der Waals surface area contributed by atoms with Gasteiger partial charge in [-0.15, -0.1) is 0 Å². The highest BCUT2D eigenvalue weighted by molar-refractivity contribution is 5.79. The van der Waals surface area contributed by atoms with Crippen LogP contribution in [0.1, 0.15) is 113 Å². The lowest BCUT2D eigenvalue weighted by Gasteiger charge is -2.71. The normalized spacial score (nSPS) is 54.8. The molecule has 9 rings (SSSR count). The quantitative estimate of drug-likeness (QED) is 0.0643. The Balaban J connectivity index is 0.898. The Labute approximate surface area is 437 Å². The molecule has 0 amide bonds. The number of carbonyl (C=O) groups excluding carboxylic acids is 1. The largest absolute Gasteiger partial charge is 0.432 e. The van der Waals surface area contributed by atoms with Crippen molar-refractivity contribution in [2.75, 3.05) is 26.4 Å². The second kappa shape index (κ2) is 21.1. The summed E-state index contributed by atoms with van der Waals surface area (Å²) in [6, 6.07) is 0. The summed E-state index contributed by atoms with van der Waals surface area (Å²) in [4.78, 5) is 15.1. The van der Waals surface area contributed by atoms with Crippen molar-refractivity contribution in [2.45, 2.75) is 235 Å². The molecule has 0 spiro atoms. The molecule has 8 fully saturated rings. The zero-order valence-corrected chi connectivity index (χ0v) is 44.2. The molecule has 22 nitrogen and oxygen atoms in total. The van der Waals surface area contributed by atoms with E-state index < -0.39 is 153 Å².